The summed E-state index contributed by atoms with van der Waals surface area (Å²) in [6.07, 6.45) is 3.08. The fourth-order valence-corrected chi connectivity index (χ4v) is 6.17. The minimum atomic E-state index is 0.1000. The lowest BCUT2D eigenvalue weighted by Gasteiger charge is -2.16. The number of nitrogens with one attached hydrogen (secondary N) is 3. The van der Waals surface area contributed by atoms with E-state index >= 15 is 0 Å². The second kappa shape index (κ2) is 13.4. The molecule has 12 heteroatoms. The second-order valence-corrected chi connectivity index (χ2v) is 11.7. The van der Waals surface area contributed by atoms with Crippen LogP contribution in [0.25, 0.3) is 33.6 Å². The van der Waals surface area contributed by atoms with Crippen LogP contribution >= 0.6 is 23.2 Å². The summed E-state index contributed by atoms with van der Waals surface area (Å²) >= 11 is 14.1. The number of halogens is 2. The molecule has 2 aromatic heterocycles. The van der Waals surface area contributed by atoms with Crippen LogP contribution < -0.4 is 25.4 Å². The molecule has 2 aromatic carbocycles. The first-order valence-corrected chi connectivity index (χ1v) is 15.5. The third kappa shape index (κ3) is 6.45. The molecular weight excluding hydrogens is 613 g/mol. The zero-order valence-electron chi connectivity index (χ0n) is 25.2. The standard InChI is InChI=1S/C33H33Cl2N7O3/c1-18-14-38-31(39-18)30-33(45-3)42-26(17-37-30)24-9-5-7-22(29(24)35)21-6-4-8-23(28(21)34)25-12-10-19(32(41-25)44-2)15-36-16-20-11-13-27(43)40-20/h4-10,12,17-18,20,36H,11,13-16H2,1-3H3,(H,38,39)(H,40,43)/t18-,20-/m0/s1. The van der Waals surface area contributed by atoms with Gasteiger partial charge in [0.2, 0.25) is 17.7 Å². The number of nitrogens with zero attached hydrogens (tertiary/aromatic N) is 4. The molecule has 0 aliphatic carbocycles. The maximum Gasteiger partial charge on any atom is 0.244 e. The van der Waals surface area contributed by atoms with Crippen LogP contribution in [0, 0.1) is 0 Å². The van der Waals surface area contributed by atoms with E-state index in [1.807, 2.05) is 48.5 Å². The Balaban J connectivity index is 1.27. The molecule has 2 atom stereocenters. The molecule has 232 valence electrons. The summed E-state index contributed by atoms with van der Waals surface area (Å²) in [5.41, 5.74) is 5.62. The van der Waals surface area contributed by atoms with Crippen molar-refractivity contribution < 1.29 is 14.3 Å². The Hall–Kier alpha value is -4.25. The van der Waals surface area contributed by atoms with Crippen molar-refractivity contribution in [2.75, 3.05) is 27.3 Å². The Morgan fingerprint density at radius 3 is 2.18 bits per heavy atom. The number of benzene rings is 2. The van der Waals surface area contributed by atoms with E-state index in [4.69, 9.17) is 42.6 Å². The van der Waals surface area contributed by atoms with Gasteiger partial charge in [-0.2, -0.15) is 0 Å². The third-order valence-electron chi connectivity index (χ3n) is 7.83. The average Bonchev–Trinajstić information content (AvgIpc) is 3.68. The van der Waals surface area contributed by atoms with E-state index in [0.29, 0.717) is 76.3 Å². The van der Waals surface area contributed by atoms with E-state index in [9.17, 15) is 4.79 Å². The van der Waals surface area contributed by atoms with Crippen LogP contribution in [-0.4, -0.2) is 66.1 Å². The van der Waals surface area contributed by atoms with Crippen molar-refractivity contribution in [1.82, 2.24) is 30.9 Å². The first kappa shape index (κ1) is 30.8. The number of methoxy groups -OCH3 is 2. The van der Waals surface area contributed by atoms with E-state index in [2.05, 4.69) is 32.9 Å². The highest BCUT2D eigenvalue weighted by molar-refractivity contribution is 6.39. The van der Waals surface area contributed by atoms with Gasteiger partial charge in [-0.05, 0) is 19.4 Å². The number of amidine groups is 1. The van der Waals surface area contributed by atoms with E-state index in [1.54, 1.807) is 20.4 Å². The third-order valence-corrected chi connectivity index (χ3v) is 8.64. The van der Waals surface area contributed by atoms with Crippen LogP contribution in [0.3, 0.4) is 0 Å². The zero-order chi connectivity index (χ0) is 31.5. The van der Waals surface area contributed by atoms with Gasteiger partial charge in [0.15, 0.2) is 11.5 Å². The van der Waals surface area contributed by atoms with Crippen molar-refractivity contribution >= 4 is 34.9 Å². The lowest BCUT2D eigenvalue weighted by Crippen LogP contribution is -2.35. The summed E-state index contributed by atoms with van der Waals surface area (Å²) in [7, 11) is 3.15. The minimum absolute atomic E-state index is 0.1000. The largest absolute Gasteiger partial charge is 0.481 e. The first-order chi connectivity index (χ1) is 21.9. The van der Waals surface area contributed by atoms with Gasteiger partial charge in [-0.15, -0.1) is 0 Å². The molecule has 10 nitrogen and oxygen atoms in total. The lowest BCUT2D eigenvalue weighted by molar-refractivity contribution is -0.119. The number of aliphatic imine (C=N–C) groups is 1. The summed E-state index contributed by atoms with van der Waals surface area (Å²) in [5.74, 6) is 1.62. The Kier molecular flexibility index (Phi) is 9.16. The lowest BCUT2D eigenvalue weighted by atomic mass is 9.98. The molecule has 0 unspecified atom stereocenters. The predicted octanol–water partition coefficient (Wildman–Crippen LogP) is 5.30. The topological polar surface area (TPSA) is 123 Å². The Morgan fingerprint density at radius 2 is 1.56 bits per heavy atom. The molecule has 1 amide bonds. The highest BCUT2D eigenvalue weighted by Crippen LogP contribution is 2.42. The molecule has 2 aliphatic rings. The molecule has 1 saturated heterocycles. The van der Waals surface area contributed by atoms with Gasteiger partial charge in [0.1, 0.15) is 0 Å². The van der Waals surface area contributed by atoms with Gasteiger partial charge in [-0.3, -0.25) is 9.79 Å². The van der Waals surface area contributed by atoms with Gasteiger partial charge in [-0.25, -0.2) is 15.0 Å². The number of carbonyl (C=O) groups is 1. The fraction of sp³-hybridized carbons (Fsp3) is 0.303. The second-order valence-electron chi connectivity index (χ2n) is 11.0. The molecule has 0 radical (unpaired) electrons. The molecule has 4 aromatic rings. The van der Waals surface area contributed by atoms with Crippen LogP contribution in [0.15, 0.2) is 59.7 Å². The summed E-state index contributed by atoms with van der Waals surface area (Å²) in [6.45, 7) is 3.95. The van der Waals surface area contributed by atoms with Gasteiger partial charge in [-0.1, -0.05) is 65.7 Å². The number of aromatic nitrogens is 3. The van der Waals surface area contributed by atoms with E-state index in [1.165, 1.54) is 0 Å². The smallest absolute Gasteiger partial charge is 0.244 e. The molecule has 1 fully saturated rings. The van der Waals surface area contributed by atoms with Gasteiger partial charge in [0, 0.05) is 59.4 Å². The molecule has 0 bridgehead atoms. The normalized spacial score (nSPS) is 17.5. The number of ether oxygens (including phenoxy) is 2. The zero-order valence-corrected chi connectivity index (χ0v) is 26.7. The maximum atomic E-state index is 11.5. The monoisotopic (exact) mass is 645 g/mol. The molecule has 0 spiro atoms. The van der Waals surface area contributed by atoms with Crippen LogP contribution in [0.4, 0.5) is 0 Å². The number of carbonyl (C=O) groups excluding carboxylic acids is 1. The number of amides is 1. The van der Waals surface area contributed by atoms with E-state index in [-0.39, 0.29) is 18.0 Å². The van der Waals surface area contributed by atoms with Crippen LogP contribution in [0.2, 0.25) is 10.0 Å². The van der Waals surface area contributed by atoms with Crippen molar-refractivity contribution in [2.45, 2.75) is 38.4 Å². The summed E-state index contributed by atoms with van der Waals surface area (Å²) in [6, 6.07) is 15.7. The highest BCUT2D eigenvalue weighted by atomic mass is 35.5. The average molecular weight is 647 g/mol. The van der Waals surface area contributed by atoms with Crippen molar-refractivity contribution in [3.8, 4) is 45.4 Å². The molecule has 0 saturated carbocycles. The number of hydrogen-bond acceptors (Lipinski definition) is 9. The maximum absolute atomic E-state index is 11.5. The number of hydrogen-bond donors (Lipinski definition) is 3. The Labute approximate surface area is 271 Å². The fourth-order valence-electron chi connectivity index (χ4n) is 5.52. The number of pyridine rings is 1. The molecule has 45 heavy (non-hydrogen) atoms. The van der Waals surface area contributed by atoms with E-state index < -0.39 is 0 Å². The van der Waals surface area contributed by atoms with Crippen molar-refractivity contribution in [2.24, 2.45) is 4.99 Å². The van der Waals surface area contributed by atoms with Crippen molar-refractivity contribution in [3.63, 3.8) is 0 Å². The van der Waals surface area contributed by atoms with Gasteiger partial charge >= 0.3 is 0 Å². The molecule has 4 heterocycles. The van der Waals surface area contributed by atoms with Crippen LogP contribution in [-0.2, 0) is 11.3 Å². The summed E-state index contributed by atoms with van der Waals surface area (Å²) < 4.78 is 11.2. The molecular formula is C33H33Cl2N7O3. The van der Waals surface area contributed by atoms with Crippen molar-refractivity contribution in [3.05, 3.63) is 76.0 Å². The number of rotatable bonds is 10. The predicted molar refractivity (Wildman–Crippen MR) is 176 cm³/mol. The Morgan fingerprint density at radius 1 is 0.889 bits per heavy atom. The molecule has 2 aliphatic heterocycles. The van der Waals surface area contributed by atoms with E-state index in [0.717, 1.165) is 28.7 Å². The molecule has 3 N–H and O–H groups in total. The Bertz CT molecular complexity index is 1780. The first-order valence-electron chi connectivity index (χ1n) is 14.7. The molecule has 6 rings (SSSR count). The van der Waals surface area contributed by atoms with Crippen LogP contribution in [0.1, 0.15) is 31.0 Å². The summed E-state index contributed by atoms with van der Waals surface area (Å²) in [5, 5.41) is 10.6. The quantitative estimate of drug-likeness (QED) is 0.212. The highest BCUT2D eigenvalue weighted by Gasteiger charge is 2.23. The van der Waals surface area contributed by atoms with Gasteiger partial charge in [0.05, 0.1) is 48.4 Å². The van der Waals surface area contributed by atoms with Crippen molar-refractivity contribution in [1.29, 1.82) is 0 Å². The minimum Gasteiger partial charge on any atom is -0.481 e. The SMILES string of the molecule is COc1nc(-c2cccc(-c3cccc(-c4cnc(C5=NC[C@H](C)N5)c(OC)n4)c3Cl)c2Cl)ccc1CNC[C@@H]1CCC(=O)N1. The van der Waals surface area contributed by atoms with Gasteiger partial charge in [0.25, 0.3) is 0 Å². The van der Waals surface area contributed by atoms with Crippen LogP contribution in [0.5, 0.6) is 11.8 Å². The van der Waals surface area contributed by atoms with Gasteiger partial charge < -0.3 is 25.4 Å². The summed E-state index contributed by atoms with van der Waals surface area (Å²) in [4.78, 5) is 30.1.